The van der Waals surface area contributed by atoms with Gasteiger partial charge in [0.2, 0.25) is 0 Å². The van der Waals surface area contributed by atoms with Crippen molar-refractivity contribution in [1.82, 2.24) is 0 Å². The smallest absolute Gasteiger partial charge is 0.486 e. The predicted molar refractivity (Wildman–Crippen MR) is 73.1 cm³/mol. The molecule has 0 N–H and O–H groups in total. The molecule has 0 unspecified atom stereocenters. The van der Waals surface area contributed by atoms with Crippen LogP contribution in [0.4, 0.5) is 0 Å². The maximum absolute atomic E-state index is 6.02. The van der Waals surface area contributed by atoms with E-state index in [2.05, 4.69) is 0 Å². The molecule has 0 saturated carbocycles. The Kier molecular flexibility index (Phi) is 2.80. The van der Waals surface area contributed by atoms with Crippen LogP contribution in [-0.2, 0) is 9.31 Å². The zero-order chi connectivity index (χ0) is 13.7. The lowest BCUT2D eigenvalue weighted by Gasteiger charge is -2.32. The van der Waals surface area contributed by atoms with E-state index in [4.69, 9.17) is 18.8 Å². The van der Waals surface area contributed by atoms with Crippen LogP contribution >= 0.6 is 0 Å². The van der Waals surface area contributed by atoms with Crippen LogP contribution in [0.1, 0.15) is 27.7 Å². The molecule has 3 rings (SSSR count). The van der Waals surface area contributed by atoms with Crippen LogP contribution in [0.25, 0.3) is 0 Å². The van der Waals surface area contributed by atoms with Gasteiger partial charge < -0.3 is 18.8 Å². The van der Waals surface area contributed by atoms with E-state index in [1.165, 1.54) is 0 Å². The minimum Gasteiger partial charge on any atom is -0.486 e. The highest BCUT2D eigenvalue weighted by molar-refractivity contribution is 6.62. The molecule has 4 nitrogen and oxygen atoms in total. The standard InChI is InChI=1S/C14H19BO4/c1-13(2)14(3,4)19-15(18-13)10-5-6-11-12(9-10)17-8-7-16-11/h5-6,9H,7-8H2,1-4H3. The van der Waals surface area contributed by atoms with E-state index < -0.39 is 0 Å². The number of hydrogen-bond donors (Lipinski definition) is 0. The van der Waals surface area contributed by atoms with Crippen LogP contribution in [0, 0.1) is 0 Å². The van der Waals surface area contributed by atoms with Crippen LogP contribution in [0.5, 0.6) is 11.5 Å². The van der Waals surface area contributed by atoms with Gasteiger partial charge in [-0.3, -0.25) is 0 Å². The fraction of sp³-hybridized carbons (Fsp3) is 0.571. The number of fused-ring (bicyclic) bond motifs is 1. The van der Waals surface area contributed by atoms with Crippen LogP contribution < -0.4 is 14.9 Å². The molecule has 19 heavy (non-hydrogen) atoms. The van der Waals surface area contributed by atoms with Crippen LogP contribution in [-0.4, -0.2) is 31.5 Å². The summed E-state index contributed by atoms with van der Waals surface area (Å²) in [4.78, 5) is 0. The van der Waals surface area contributed by atoms with E-state index in [0.717, 1.165) is 17.0 Å². The van der Waals surface area contributed by atoms with Crippen molar-refractivity contribution < 1.29 is 18.8 Å². The van der Waals surface area contributed by atoms with Gasteiger partial charge in [0.05, 0.1) is 11.2 Å². The summed E-state index contributed by atoms with van der Waals surface area (Å²) in [6, 6.07) is 5.82. The molecule has 0 aliphatic carbocycles. The Morgan fingerprint density at radius 3 is 2.11 bits per heavy atom. The molecule has 1 aromatic carbocycles. The zero-order valence-electron chi connectivity index (χ0n) is 11.9. The summed E-state index contributed by atoms with van der Waals surface area (Å²) < 4.78 is 23.2. The van der Waals surface area contributed by atoms with Crippen LogP contribution in [0.3, 0.4) is 0 Å². The third-order valence-electron chi connectivity index (χ3n) is 4.09. The molecule has 0 radical (unpaired) electrons. The maximum atomic E-state index is 6.02. The first-order valence-corrected chi connectivity index (χ1v) is 6.64. The monoisotopic (exact) mass is 262 g/mol. The maximum Gasteiger partial charge on any atom is 0.494 e. The van der Waals surface area contributed by atoms with Crippen LogP contribution in [0.2, 0.25) is 0 Å². The zero-order valence-corrected chi connectivity index (χ0v) is 11.9. The highest BCUT2D eigenvalue weighted by Gasteiger charge is 2.51. The molecule has 1 saturated heterocycles. The highest BCUT2D eigenvalue weighted by atomic mass is 16.7. The van der Waals surface area contributed by atoms with Gasteiger partial charge in [0.1, 0.15) is 13.2 Å². The molecule has 1 fully saturated rings. The molecule has 2 heterocycles. The Morgan fingerprint density at radius 2 is 1.47 bits per heavy atom. The first-order chi connectivity index (χ1) is 8.89. The Balaban J connectivity index is 1.88. The van der Waals surface area contributed by atoms with Gasteiger partial charge in [-0.2, -0.15) is 0 Å². The quantitative estimate of drug-likeness (QED) is 0.722. The average molecular weight is 262 g/mol. The Hall–Kier alpha value is -1.20. The van der Waals surface area contributed by atoms with E-state index in [9.17, 15) is 0 Å². The van der Waals surface area contributed by atoms with Crippen molar-refractivity contribution >= 4 is 12.6 Å². The number of rotatable bonds is 1. The average Bonchev–Trinajstić information content (AvgIpc) is 2.58. The molecular weight excluding hydrogens is 243 g/mol. The van der Waals surface area contributed by atoms with Crippen molar-refractivity contribution in [3.63, 3.8) is 0 Å². The molecule has 0 spiro atoms. The largest absolute Gasteiger partial charge is 0.494 e. The minimum atomic E-state index is -0.360. The Labute approximate surface area is 114 Å². The molecule has 2 aliphatic rings. The van der Waals surface area contributed by atoms with Gasteiger partial charge in [0.25, 0.3) is 0 Å². The fourth-order valence-electron chi connectivity index (χ4n) is 2.19. The second-order valence-electron chi connectivity index (χ2n) is 5.99. The number of ether oxygens (including phenoxy) is 2. The van der Waals surface area contributed by atoms with Crippen molar-refractivity contribution in [3.05, 3.63) is 18.2 Å². The van der Waals surface area contributed by atoms with Gasteiger partial charge in [-0.15, -0.1) is 0 Å². The second-order valence-corrected chi connectivity index (χ2v) is 5.99. The summed E-state index contributed by atoms with van der Waals surface area (Å²) in [5.74, 6) is 1.55. The first-order valence-electron chi connectivity index (χ1n) is 6.64. The predicted octanol–water partition coefficient (Wildman–Crippen LogP) is 1.76. The summed E-state index contributed by atoms with van der Waals surface area (Å²) in [6.45, 7) is 9.37. The summed E-state index contributed by atoms with van der Waals surface area (Å²) in [5, 5.41) is 0. The molecule has 0 bridgehead atoms. The normalized spacial score (nSPS) is 23.5. The number of benzene rings is 1. The Bertz CT molecular complexity index is 482. The fourth-order valence-corrected chi connectivity index (χ4v) is 2.19. The summed E-state index contributed by atoms with van der Waals surface area (Å²) in [7, 11) is -0.360. The molecule has 0 aromatic heterocycles. The summed E-state index contributed by atoms with van der Waals surface area (Å²) >= 11 is 0. The summed E-state index contributed by atoms with van der Waals surface area (Å²) in [6.07, 6.45) is 0. The topological polar surface area (TPSA) is 36.9 Å². The van der Waals surface area contributed by atoms with Gasteiger partial charge in [0.15, 0.2) is 11.5 Å². The molecule has 5 heteroatoms. The molecular formula is C14H19BO4. The lowest BCUT2D eigenvalue weighted by Crippen LogP contribution is -2.41. The van der Waals surface area contributed by atoms with Gasteiger partial charge in [0, 0.05) is 0 Å². The van der Waals surface area contributed by atoms with Gasteiger partial charge in [-0.1, -0.05) is 6.07 Å². The second kappa shape index (κ2) is 4.15. The van der Waals surface area contributed by atoms with E-state index >= 15 is 0 Å². The molecule has 0 amide bonds. The lowest BCUT2D eigenvalue weighted by molar-refractivity contribution is 0.00578. The van der Waals surface area contributed by atoms with Crippen molar-refractivity contribution in [2.75, 3.05) is 13.2 Å². The van der Waals surface area contributed by atoms with E-state index in [1.54, 1.807) is 0 Å². The SMILES string of the molecule is CC1(C)OB(c2ccc3c(c2)OCCO3)OC1(C)C. The molecule has 102 valence electrons. The van der Waals surface area contributed by atoms with Gasteiger partial charge in [-0.05, 0) is 45.3 Å². The van der Waals surface area contributed by atoms with Crippen molar-refractivity contribution in [2.45, 2.75) is 38.9 Å². The minimum absolute atomic E-state index is 0.328. The van der Waals surface area contributed by atoms with Gasteiger partial charge >= 0.3 is 7.12 Å². The lowest BCUT2D eigenvalue weighted by atomic mass is 9.79. The van der Waals surface area contributed by atoms with Crippen LogP contribution in [0.15, 0.2) is 18.2 Å². The Morgan fingerprint density at radius 1 is 0.895 bits per heavy atom. The molecule has 2 aliphatic heterocycles. The van der Waals surface area contributed by atoms with Crippen molar-refractivity contribution in [1.29, 1.82) is 0 Å². The molecule has 0 atom stereocenters. The van der Waals surface area contributed by atoms with Crippen molar-refractivity contribution in [2.24, 2.45) is 0 Å². The third kappa shape index (κ3) is 2.11. The molecule has 1 aromatic rings. The highest BCUT2D eigenvalue weighted by Crippen LogP contribution is 2.37. The van der Waals surface area contributed by atoms with Crippen molar-refractivity contribution in [3.8, 4) is 11.5 Å². The first kappa shape index (κ1) is 12.8. The van der Waals surface area contributed by atoms with E-state index in [-0.39, 0.29) is 18.3 Å². The van der Waals surface area contributed by atoms with Gasteiger partial charge in [-0.25, -0.2) is 0 Å². The number of hydrogen-bond acceptors (Lipinski definition) is 4. The van der Waals surface area contributed by atoms with E-state index in [0.29, 0.717) is 13.2 Å². The van der Waals surface area contributed by atoms with E-state index in [1.807, 2.05) is 45.9 Å². The third-order valence-corrected chi connectivity index (χ3v) is 4.09. The summed E-state index contributed by atoms with van der Waals surface area (Å²) in [5.41, 5.74) is 0.304.